The van der Waals surface area contributed by atoms with Gasteiger partial charge in [0.1, 0.15) is 12.4 Å². The first-order chi connectivity index (χ1) is 9.75. The molecular weight excluding hydrogens is 268 g/mol. The molecule has 0 bridgehead atoms. The highest BCUT2D eigenvalue weighted by Gasteiger charge is 2.09. The first-order valence-electron chi connectivity index (χ1n) is 6.60. The Hall–Kier alpha value is -1.84. The fourth-order valence-corrected chi connectivity index (χ4v) is 3.20. The topological polar surface area (TPSA) is 29.5 Å². The summed E-state index contributed by atoms with van der Waals surface area (Å²) in [5, 5.41) is 13.1. The average molecular weight is 284 g/mol. The molecule has 3 heteroatoms. The molecule has 3 aromatic rings. The third kappa shape index (κ3) is 2.55. The summed E-state index contributed by atoms with van der Waals surface area (Å²) in [6.45, 7) is 2.27. The van der Waals surface area contributed by atoms with Crippen LogP contribution in [0.3, 0.4) is 0 Å². The predicted molar refractivity (Wildman–Crippen MR) is 83.2 cm³/mol. The molecule has 20 heavy (non-hydrogen) atoms. The Morgan fingerprint density at radius 3 is 2.70 bits per heavy atom. The quantitative estimate of drug-likeness (QED) is 0.762. The first kappa shape index (κ1) is 13.2. The van der Waals surface area contributed by atoms with E-state index < -0.39 is 6.10 Å². The maximum Gasteiger partial charge on any atom is 0.125 e. The first-order valence-corrected chi connectivity index (χ1v) is 7.48. The van der Waals surface area contributed by atoms with Gasteiger partial charge in [-0.3, -0.25) is 0 Å². The number of benzene rings is 2. The van der Waals surface area contributed by atoms with E-state index in [1.807, 2.05) is 36.4 Å². The second-order valence-electron chi connectivity index (χ2n) is 4.76. The maximum atomic E-state index is 9.76. The third-order valence-corrected chi connectivity index (χ3v) is 4.33. The van der Waals surface area contributed by atoms with E-state index in [1.54, 1.807) is 18.3 Å². The van der Waals surface area contributed by atoms with Gasteiger partial charge in [-0.1, -0.05) is 36.4 Å². The summed E-state index contributed by atoms with van der Waals surface area (Å²) >= 11 is 1.73. The number of ether oxygens (including phenoxy) is 1. The van der Waals surface area contributed by atoms with Crippen molar-refractivity contribution in [3.8, 4) is 5.75 Å². The van der Waals surface area contributed by atoms with Gasteiger partial charge in [0.05, 0.1) is 6.10 Å². The zero-order chi connectivity index (χ0) is 13.9. The van der Waals surface area contributed by atoms with Gasteiger partial charge in [-0.2, -0.15) is 0 Å². The van der Waals surface area contributed by atoms with Crippen molar-refractivity contribution in [2.45, 2.75) is 19.6 Å². The standard InChI is InChI=1S/C17H16O2S/c1-12(18)14-6-2-4-8-16(14)19-10-13-11-20-17-9-5-3-7-15(13)17/h2-9,11-12,18H,10H2,1H3. The van der Waals surface area contributed by atoms with E-state index in [1.165, 1.54) is 15.6 Å². The summed E-state index contributed by atoms with van der Waals surface area (Å²) in [5.74, 6) is 0.748. The molecule has 0 spiro atoms. The Morgan fingerprint density at radius 2 is 1.85 bits per heavy atom. The smallest absolute Gasteiger partial charge is 0.125 e. The van der Waals surface area contributed by atoms with Crippen LogP contribution in [-0.4, -0.2) is 5.11 Å². The van der Waals surface area contributed by atoms with Gasteiger partial charge in [-0.15, -0.1) is 11.3 Å². The van der Waals surface area contributed by atoms with Crippen LogP contribution >= 0.6 is 11.3 Å². The number of fused-ring (bicyclic) bond motifs is 1. The minimum atomic E-state index is -0.523. The lowest BCUT2D eigenvalue weighted by Crippen LogP contribution is -2.00. The van der Waals surface area contributed by atoms with Crippen LogP contribution < -0.4 is 4.74 Å². The average Bonchev–Trinajstić information content (AvgIpc) is 2.88. The fraction of sp³-hybridized carbons (Fsp3) is 0.176. The van der Waals surface area contributed by atoms with Crippen molar-refractivity contribution in [2.24, 2.45) is 0 Å². The van der Waals surface area contributed by atoms with E-state index >= 15 is 0 Å². The molecule has 1 aromatic heterocycles. The van der Waals surface area contributed by atoms with Gasteiger partial charge in [0.25, 0.3) is 0 Å². The number of hydrogen-bond acceptors (Lipinski definition) is 3. The molecule has 0 aliphatic heterocycles. The number of rotatable bonds is 4. The van der Waals surface area contributed by atoms with Gasteiger partial charge in [0, 0.05) is 15.8 Å². The molecular formula is C17H16O2S. The lowest BCUT2D eigenvalue weighted by atomic mass is 10.1. The summed E-state index contributed by atoms with van der Waals surface area (Å²) < 4.78 is 7.17. The van der Waals surface area contributed by atoms with E-state index in [0.29, 0.717) is 6.61 Å². The molecule has 0 amide bonds. The van der Waals surface area contributed by atoms with Crippen molar-refractivity contribution in [3.05, 3.63) is 65.0 Å². The Balaban J connectivity index is 1.83. The lowest BCUT2D eigenvalue weighted by Gasteiger charge is -2.12. The highest BCUT2D eigenvalue weighted by Crippen LogP contribution is 2.29. The summed E-state index contributed by atoms with van der Waals surface area (Å²) in [6, 6.07) is 16.0. The Kier molecular flexibility index (Phi) is 3.72. The van der Waals surface area contributed by atoms with Crippen molar-refractivity contribution in [3.63, 3.8) is 0 Å². The number of aliphatic hydroxyl groups is 1. The Labute approximate surface area is 122 Å². The van der Waals surface area contributed by atoms with Crippen LogP contribution in [-0.2, 0) is 6.61 Å². The Morgan fingerprint density at radius 1 is 1.10 bits per heavy atom. The number of hydrogen-bond donors (Lipinski definition) is 1. The highest BCUT2D eigenvalue weighted by atomic mass is 32.1. The molecule has 2 nitrogen and oxygen atoms in total. The van der Waals surface area contributed by atoms with Crippen LogP contribution in [0.2, 0.25) is 0 Å². The summed E-state index contributed by atoms with van der Waals surface area (Å²) in [6.07, 6.45) is -0.523. The van der Waals surface area contributed by atoms with Crippen molar-refractivity contribution in [2.75, 3.05) is 0 Å². The SMILES string of the molecule is CC(O)c1ccccc1OCc1csc2ccccc12. The largest absolute Gasteiger partial charge is 0.488 e. The van der Waals surface area contributed by atoms with Crippen LogP contribution in [0.25, 0.3) is 10.1 Å². The van der Waals surface area contributed by atoms with Gasteiger partial charge in [0.2, 0.25) is 0 Å². The number of thiophene rings is 1. The lowest BCUT2D eigenvalue weighted by molar-refractivity contribution is 0.190. The zero-order valence-electron chi connectivity index (χ0n) is 11.2. The van der Waals surface area contributed by atoms with Gasteiger partial charge in [0.15, 0.2) is 0 Å². The third-order valence-electron chi connectivity index (χ3n) is 3.31. The summed E-state index contributed by atoms with van der Waals surface area (Å²) in [4.78, 5) is 0. The van der Waals surface area contributed by atoms with Crippen LogP contribution in [0.4, 0.5) is 0 Å². The van der Waals surface area contributed by atoms with Gasteiger partial charge < -0.3 is 9.84 Å². The van der Waals surface area contributed by atoms with E-state index in [-0.39, 0.29) is 0 Å². The second kappa shape index (κ2) is 5.65. The van der Waals surface area contributed by atoms with E-state index in [9.17, 15) is 5.11 Å². The van der Waals surface area contributed by atoms with Crippen molar-refractivity contribution in [1.82, 2.24) is 0 Å². The van der Waals surface area contributed by atoms with E-state index in [4.69, 9.17) is 4.74 Å². The monoisotopic (exact) mass is 284 g/mol. The van der Waals surface area contributed by atoms with E-state index in [0.717, 1.165) is 11.3 Å². The molecule has 3 rings (SSSR count). The van der Waals surface area contributed by atoms with E-state index in [2.05, 4.69) is 17.5 Å². The highest BCUT2D eigenvalue weighted by molar-refractivity contribution is 7.17. The molecule has 1 atom stereocenters. The summed E-state index contributed by atoms with van der Waals surface area (Å²) in [7, 11) is 0. The number of para-hydroxylation sites is 1. The van der Waals surface area contributed by atoms with Gasteiger partial charge in [-0.05, 0) is 29.8 Å². The van der Waals surface area contributed by atoms with Crippen molar-refractivity contribution in [1.29, 1.82) is 0 Å². The summed E-state index contributed by atoms with van der Waals surface area (Å²) in [5.41, 5.74) is 2.01. The van der Waals surface area contributed by atoms with Gasteiger partial charge in [-0.25, -0.2) is 0 Å². The predicted octanol–water partition coefficient (Wildman–Crippen LogP) is 4.53. The van der Waals surface area contributed by atoms with Crippen molar-refractivity contribution >= 4 is 21.4 Å². The minimum Gasteiger partial charge on any atom is -0.488 e. The van der Waals surface area contributed by atoms with Crippen molar-refractivity contribution < 1.29 is 9.84 Å². The molecule has 102 valence electrons. The molecule has 0 aliphatic carbocycles. The molecule has 2 aromatic carbocycles. The fourth-order valence-electron chi connectivity index (χ4n) is 2.26. The molecule has 0 radical (unpaired) electrons. The van der Waals surface area contributed by atoms with Crippen LogP contribution in [0.5, 0.6) is 5.75 Å². The molecule has 0 fully saturated rings. The molecule has 1 unspecified atom stereocenters. The zero-order valence-corrected chi connectivity index (χ0v) is 12.1. The molecule has 0 saturated carbocycles. The van der Waals surface area contributed by atoms with Gasteiger partial charge >= 0.3 is 0 Å². The van der Waals surface area contributed by atoms with Crippen LogP contribution in [0.1, 0.15) is 24.2 Å². The maximum absolute atomic E-state index is 9.76. The Bertz CT molecular complexity index is 716. The molecule has 1 N–H and O–H groups in total. The minimum absolute atomic E-state index is 0.522. The molecule has 0 saturated heterocycles. The molecule has 0 aliphatic rings. The van der Waals surface area contributed by atoms with Crippen LogP contribution in [0.15, 0.2) is 53.9 Å². The normalized spacial score (nSPS) is 12.5. The molecule has 1 heterocycles. The van der Waals surface area contributed by atoms with Crippen LogP contribution in [0, 0.1) is 0 Å². The number of aliphatic hydroxyl groups excluding tert-OH is 1. The second-order valence-corrected chi connectivity index (χ2v) is 5.67.